The van der Waals surface area contributed by atoms with Crippen molar-refractivity contribution in [1.82, 2.24) is 5.43 Å². The average Bonchev–Trinajstić information content (AvgIpc) is 3.12. The number of ether oxygens (including phenoxy) is 1. The van der Waals surface area contributed by atoms with Gasteiger partial charge in [0.1, 0.15) is 10.8 Å². The lowest BCUT2D eigenvalue weighted by molar-refractivity contribution is -0.118. The van der Waals surface area contributed by atoms with Gasteiger partial charge in [-0.2, -0.15) is 5.10 Å². The second-order valence-corrected chi connectivity index (χ2v) is 6.82. The first-order valence-corrected chi connectivity index (χ1v) is 8.11. The Morgan fingerprint density at radius 1 is 1.22 bits per heavy atom. The van der Waals surface area contributed by atoms with Crippen molar-refractivity contribution in [2.75, 3.05) is 12.4 Å². The van der Waals surface area contributed by atoms with Gasteiger partial charge in [0.2, 0.25) is 4.87 Å². The van der Waals surface area contributed by atoms with E-state index in [0.29, 0.717) is 10.8 Å². The van der Waals surface area contributed by atoms with Crippen LogP contribution in [0.4, 0.5) is 5.69 Å². The lowest BCUT2D eigenvalue weighted by Crippen LogP contribution is -2.39. The van der Waals surface area contributed by atoms with E-state index in [0.717, 1.165) is 21.9 Å². The predicted molar refractivity (Wildman–Crippen MR) is 92.0 cm³/mol. The second kappa shape index (κ2) is 5.18. The Balaban J connectivity index is 1.72. The van der Waals surface area contributed by atoms with Gasteiger partial charge in [-0.25, -0.2) is 0 Å². The molecule has 2 aliphatic heterocycles. The number of halogens is 1. The first-order valence-electron chi connectivity index (χ1n) is 6.92. The molecule has 2 aromatic carbocycles. The SMILES string of the molecule is COc1ccc2c(c1)C1(NN=C(c3ccc(Cl)cc3)S1)C(=O)N2. The molecule has 0 fully saturated rings. The molecule has 4 rings (SSSR count). The zero-order valence-corrected chi connectivity index (χ0v) is 13.7. The van der Waals surface area contributed by atoms with Crippen LogP contribution < -0.4 is 15.5 Å². The molecule has 2 aliphatic rings. The third kappa shape index (κ3) is 2.17. The van der Waals surface area contributed by atoms with Gasteiger partial charge in [0.25, 0.3) is 5.91 Å². The van der Waals surface area contributed by atoms with E-state index < -0.39 is 4.87 Å². The molecule has 0 bridgehead atoms. The first kappa shape index (κ1) is 14.4. The standard InChI is InChI=1S/C16H12ClN3O2S/c1-22-11-6-7-13-12(8-11)16(15(21)18-13)20-19-14(23-16)9-2-4-10(17)5-3-9/h2-8,20H,1H3,(H,18,21). The number of hydrazone groups is 1. The Morgan fingerprint density at radius 2 is 2.00 bits per heavy atom. The molecule has 0 saturated carbocycles. The summed E-state index contributed by atoms with van der Waals surface area (Å²) in [6.07, 6.45) is 0. The number of carbonyl (C=O) groups is 1. The summed E-state index contributed by atoms with van der Waals surface area (Å²) >= 11 is 7.30. The van der Waals surface area contributed by atoms with Crippen LogP contribution in [0, 0.1) is 0 Å². The van der Waals surface area contributed by atoms with E-state index in [1.807, 2.05) is 30.3 Å². The van der Waals surface area contributed by atoms with Crippen LogP contribution in [0.1, 0.15) is 11.1 Å². The lowest BCUT2D eigenvalue weighted by atomic mass is 10.1. The number of fused-ring (bicyclic) bond motifs is 2. The fourth-order valence-corrected chi connectivity index (χ4v) is 3.91. The van der Waals surface area contributed by atoms with Crippen LogP contribution >= 0.6 is 23.4 Å². The smallest absolute Gasteiger partial charge is 0.267 e. The van der Waals surface area contributed by atoms with Gasteiger partial charge in [-0.15, -0.1) is 0 Å². The number of nitrogens with one attached hydrogen (secondary N) is 2. The molecule has 23 heavy (non-hydrogen) atoms. The minimum Gasteiger partial charge on any atom is -0.497 e. The Bertz CT molecular complexity index is 838. The van der Waals surface area contributed by atoms with Gasteiger partial charge in [-0.1, -0.05) is 35.5 Å². The first-order chi connectivity index (χ1) is 11.1. The summed E-state index contributed by atoms with van der Waals surface area (Å²) in [5.41, 5.74) is 5.50. The number of hydrogen-bond donors (Lipinski definition) is 2. The zero-order valence-electron chi connectivity index (χ0n) is 12.1. The summed E-state index contributed by atoms with van der Waals surface area (Å²) in [7, 11) is 1.60. The van der Waals surface area contributed by atoms with Gasteiger partial charge in [0.15, 0.2) is 0 Å². The molecule has 1 unspecified atom stereocenters. The van der Waals surface area contributed by atoms with Crippen molar-refractivity contribution in [2.45, 2.75) is 4.87 Å². The van der Waals surface area contributed by atoms with Gasteiger partial charge in [0.05, 0.1) is 7.11 Å². The van der Waals surface area contributed by atoms with Crippen molar-refractivity contribution in [3.63, 3.8) is 0 Å². The van der Waals surface area contributed by atoms with Gasteiger partial charge >= 0.3 is 0 Å². The molecule has 116 valence electrons. The number of nitrogens with zero attached hydrogens (tertiary/aromatic N) is 1. The number of anilines is 1. The Kier molecular flexibility index (Phi) is 3.25. The van der Waals surface area contributed by atoms with E-state index in [2.05, 4.69) is 15.8 Å². The van der Waals surface area contributed by atoms with Crippen LogP contribution in [0.2, 0.25) is 5.02 Å². The highest BCUT2D eigenvalue weighted by Gasteiger charge is 2.52. The molecule has 0 aromatic heterocycles. The largest absolute Gasteiger partial charge is 0.497 e. The molecule has 2 aromatic rings. The maximum atomic E-state index is 12.6. The third-order valence-corrected chi connectivity index (χ3v) is 5.40. The van der Waals surface area contributed by atoms with E-state index in [-0.39, 0.29) is 5.91 Å². The van der Waals surface area contributed by atoms with Crippen molar-refractivity contribution in [2.24, 2.45) is 5.10 Å². The zero-order chi connectivity index (χ0) is 16.0. The van der Waals surface area contributed by atoms with Crippen molar-refractivity contribution in [1.29, 1.82) is 0 Å². The van der Waals surface area contributed by atoms with Crippen molar-refractivity contribution in [3.8, 4) is 5.75 Å². The summed E-state index contributed by atoms with van der Waals surface area (Å²) in [5, 5.41) is 8.65. The highest BCUT2D eigenvalue weighted by atomic mass is 35.5. The summed E-state index contributed by atoms with van der Waals surface area (Å²) in [4.78, 5) is 11.6. The Morgan fingerprint density at radius 3 is 2.74 bits per heavy atom. The van der Waals surface area contributed by atoms with E-state index in [9.17, 15) is 4.79 Å². The van der Waals surface area contributed by atoms with E-state index in [1.165, 1.54) is 11.8 Å². The highest BCUT2D eigenvalue weighted by molar-refractivity contribution is 8.16. The van der Waals surface area contributed by atoms with Crippen LogP contribution in [0.15, 0.2) is 47.6 Å². The summed E-state index contributed by atoms with van der Waals surface area (Å²) in [5.74, 6) is 0.556. The third-order valence-electron chi connectivity index (χ3n) is 3.83. The van der Waals surface area contributed by atoms with Crippen LogP contribution in [0.3, 0.4) is 0 Å². The van der Waals surface area contributed by atoms with Crippen molar-refractivity contribution < 1.29 is 9.53 Å². The molecule has 0 radical (unpaired) electrons. The molecule has 2 heterocycles. The number of hydrogen-bond acceptors (Lipinski definition) is 5. The maximum absolute atomic E-state index is 12.6. The van der Waals surface area contributed by atoms with E-state index >= 15 is 0 Å². The predicted octanol–water partition coefficient (Wildman–Crippen LogP) is 3.15. The molecular formula is C16H12ClN3O2S. The van der Waals surface area contributed by atoms with Gasteiger partial charge < -0.3 is 10.1 Å². The normalized spacial score (nSPS) is 21.7. The minimum atomic E-state index is -0.959. The number of benzene rings is 2. The molecule has 1 atom stereocenters. The van der Waals surface area contributed by atoms with E-state index in [1.54, 1.807) is 19.2 Å². The molecule has 0 aliphatic carbocycles. The van der Waals surface area contributed by atoms with E-state index in [4.69, 9.17) is 16.3 Å². The summed E-state index contributed by atoms with van der Waals surface area (Å²) < 4.78 is 5.27. The van der Waals surface area contributed by atoms with Crippen LogP contribution in [0.25, 0.3) is 0 Å². The molecule has 1 spiro atoms. The highest BCUT2D eigenvalue weighted by Crippen LogP contribution is 2.49. The number of amides is 1. The van der Waals surface area contributed by atoms with Crippen LogP contribution in [-0.2, 0) is 9.67 Å². The molecule has 2 N–H and O–H groups in total. The Labute approximate surface area is 142 Å². The maximum Gasteiger partial charge on any atom is 0.267 e. The molecule has 7 heteroatoms. The fourth-order valence-electron chi connectivity index (χ4n) is 2.63. The monoisotopic (exact) mass is 345 g/mol. The fraction of sp³-hybridized carbons (Fsp3) is 0.125. The summed E-state index contributed by atoms with van der Waals surface area (Å²) in [6.45, 7) is 0. The lowest BCUT2D eigenvalue weighted by Gasteiger charge is -2.20. The number of methoxy groups -OCH3 is 1. The van der Waals surface area contributed by atoms with Crippen LogP contribution in [0.5, 0.6) is 5.75 Å². The van der Waals surface area contributed by atoms with Crippen LogP contribution in [-0.4, -0.2) is 18.1 Å². The number of carbonyl (C=O) groups excluding carboxylic acids is 1. The van der Waals surface area contributed by atoms with Gasteiger partial charge in [-0.05, 0) is 30.3 Å². The minimum absolute atomic E-state index is 0.140. The van der Waals surface area contributed by atoms with Gasteiger partial charge in [-0.3, -0.25) is 10.2 Å². The molecule has 0 saturated heterocycles. The summed E-state index contributed by atoms with van der Waals surface area (Å²) in [6, 6.07) is 12.9. The van der Waals surface area contributed by atoms with Gasteiger partial charge in [0, 0.05) is 21.8 Å². The number of rotatable bonds is 2. The van der Waals surface area contributed by atoms with Crippen molar-refractivity contribution >= 4 is 40.0 Å². The molecular weight excluding hydrogens is 334 g/mol. The second-order valence-electron chi connectivity index (χ2n) is 5.18. The molecule has 5 nitrogen and oxygen atoms in total. The quantitative estimate of drug-likeness (QED) is 0.877. The topological polar surface area (TPSA) is 62.7 Å². The molecule has 1 amide bonds. The average molecular weight is 346 g/mol. The number of thioether (sulfide) groups is 1. The Hall–Kier alpha value is -2.18. The van der Waals surface area contributed by atoms with Crippen molar-refractivity contribution in [3.05, 3.63) is 58.6 Å².